The molecule has 49 heavy (non-hydrogen) atoms. The van der Waals surface area contributed by atoms with Crippen LogP contribution < -0.4 is 16.0 Å². The molecular formula is C45H45N3S. The first-order valence-corrected chi connectivity index (χ1v) is 17.7. The summed E-state index contributed by atoms with van der Waals surface area (Å²) in [6.07, 6.45) is 2.78. The highest BCUT2D eigenvalue weighted by Gasteiger charge is 2.36. The van der Waals surface area contributed by atoms with Crippen molar-refractivity contribution in [3.63, 3.8) is 0 Å². The smallest absolute Gasteiger partial charge is 0.0948 e. The molecule has 0 amide bonds. The van der Waals surface area contributed by atoms with E-state index in [0.29, 0.717) is 0 Å². The highest BCUT2D eigenvalue weighted by atomic mass is 32.1. The molecular weight excluding hydrogens is 615 g/mol. The van der Waals surface area contributed by atoms with Crippen LogP contribution in [0.2, 0.25) is 0 Å². The normalized spacial score (nSPS) is 11.6. The summed E-state index contributed by atoms with van der Waals surface area (Å²) < 4.78 is 0. The minimum Gasteiger partial charge on any atom is -0.380 e. The van der Waals surface area contributed by atoms with Crippen LogP contribution >= 0.6 is 12.2 Å². The maximum atomic E-state index is 5.85. The number of unbranched alkanes of at least 4 members (excludes halogenated alkanes) is 1. The lowest BCUT2D eigenvalue weighted by molar-refractivity contribution is 0.460. The maximum Gasteiger partial charge on any atom is 0.0948 e. The number of rotatable bonds is 16. The van der Waals surface area contributed by atoms with Gasteiger partial charge in [-0.1, -0.05) is 194 Å². The van der Waals surface area contributed by atoms with Gasteiger partial charge in [0.05, 0.1) is 16.1 Å². The second-order valence-electron chi connectivity index (χ2n) is 12.4. The summed E-state index contributed by atoms with van der Waals surface area (Å²) >= 11 is 5.85. The topological polar surface area (TPSA) is 36.1 Å². The third-order valence-electron chi connectivity index (χ3n) is 9.30. The second-order valence-corrected chi connectivity index (χ2v) is 12.8. The van der Waals surface area contributed by atoms with E-state index in [-0.39, 0.29) is 0 Å². The number of benzene rings is 6. The van der Waals surface area contributed by atoms with Crippen LogP contribution in [0.4, 0.5) is 0 Å². The zero-order valence-electron chi connectivity index (χ0n) is 28.0. The van der Waals surface area contributed by atoms with Crippen molar-refractivity contribution in [1.29, 1.82) is 0 Å². The summed E-state index contributed by atoms with van der Waals surface area (Å²) in [5, 5.41) is 11.5. The molecule has 0 saturated heterocycles. The van der Waals surface area contributed by atoms with Gasteiger partial charge in [0.15, 0.2) is 0 Å². The Hall–Kier alpha value is -4.87. The van der Waals surface area contributed by atoms with Gasteiger partial charge in [-0.05, 0) is 52.8 Å². The molecule has 6 aromatic carbocycles. The Labute approximate surface area is 297 Å². The van der Waals surface area contributed by atoms with E-state index < -0.39 is 11.1 Å². The van der Waals surface area contributed by atoms with E-state index in [1.807, 2.05) is 0 Å². The molecule has 0 atom stereocenters. The third kappa shape index (κ3) is 7.90. The highest BCUT2D eigenvalue weighted by Crippen LogP contribution is 2.38. The molecule has 0 spiro atoms. The molecule has 246 valence electrons. The van der Waals surface area contributed by atoms with Gasteiger partial charge in [0, 0.05) is 19.5 Å². The lowest BCUT2D eigenvalue weighted by atomic mass is 9.77. The molecule has 0 aliphatic rings. The molecule has 0 aromatic heterocycles. The van der Waals surface area contributed by atoms with Crippen LogP contribution in [0.15, 0.2) is 182 Å². The zero-order valence-corrected chi connectivity index (χ0v) is 28.8. The van der Waals surface area contributed by atoms with Gasteiger partial charge in [0.1, 0.15) is 0 Å². The van der Waals surface area contributed by atoms with E-state index in [9.17, 15) is 0 Å². The van der Waals surface area contributed by atoms with Crippen LogP contribution in [0.1, 0.15) is 52.6 Å². The molecule has 6 aromatic rings. The molecule has 0 unspecified atom stereocenters. The van der Waals surface area contributed by atoms with Crippen molar-refractivity contribution in [3.8, 4) is 0 Å². The van der Waals surface area contributed by atoms with Gasteiger partial charge in [0.25, 0.3) is 0 Å². The molecule has 4 heteroatoms. The molecule has 0 bridgehead atoms. The number of hydrogen-bond donors (Lipinski definition) is 3. The van der Waals surface area contributed by atoms with Crippen LogP contribution in [0.5, 0.6) is 0 Å². The average Bonchev–Trinajstić information content (AvgIpc) is 3.18. The Morgan fingerprint density at radius 1 is 0.367 bits per heavy atom. The fourth-order valence-corrected chi connectivity index (χ4v) is 7.15. The first-order valence-electron chi connectivity index (χ1n) is 17.3. The van der Waals surface area contributed by atoms with Crippen LogP contribution in [0.25, 0.3) is 0 Å². The van der Waals surface area contributed by atoms with Crippen molar-refractivity contribution in [2.45, 2.75) is 30.3 Å². The quantitative estimate of drug-likeness (QED) is 0.0550. The van der Waals surface area contributed by atoms with Crippen LogP contribution in [-0.4, -0.2) is 24.6 Å². The summed E-state index contributed by atoms with van der Waals surface area (Å²) in [7, 11) is 0. The maximum absolute atomic E-state index is 5.85. The Morgan fingerprint density at radius 3 is 0.939 bits per heavy atom. The van der Waals surface area contributed by atoms with Crippen LogP contribution in [0, 0.1) is 0 Å². The van der Waals surface area contributed by atoms with E-state index in [1.54, 1.807) is 0 Å². The fraction of sp³-hybridized carbons (Fsp3) is 0.178. The molecule has 0 aliphatic heterocycles. The number of nitrogens with one attached hydrogen (secondary N) is 3. The van der Waals surface area contributed by atoms with Crippen LogP contribution in [0.3, 0.4) is 0 Å². The van der Waals surface area contributed by atoms with E-state index >= 15 is 0 Å². The minimum atomic E-state index is -0.492. The fourth-order valence-electron chi connectivity index (χ4n) is 6.95. The summed E-state index contributed by atoms with van der Waals surface area (Å²) in [4.78, 5) is 0.885. The van der Waals surface area contributed by atoms with E-state index in [2.05, 4.69) is 198 Å². The SMILES string of the molecule is S=C(CCNC(c1ccccc1)(c1ccccc1)c1ccccc1)NCCCCNC(c1ccccc1)(c1ccccc1)c1ccccc1. The molecule has 3 N–H and O–H groups in total. The van der Waals surface area contributed by atoms with Gasteiger partial charge in [-0.15, -0.1) is 0 Å². The van der Waals surface area contributed by atoms with Crippen LogP contribution in [-0.2, 0) is 11.1 Å². The zero-order chi connectivity index (χ0) is 33.6. The van der Waals surface area contributed by atoms with Gasteiger partial charge in [-0.25, -0.2) is 0 Å². The predicted octanol–water partition coefficient (Wildman–Crippen LogP) is 9.24. The Bertz CT molecular complexity index is 1640. The van der Waals surface area contributed by atoms with Gasteiger partial charge in [-0.2, -0.15) is 0 Å². The first kappa shape index (κ1) is 34.0. The van der Waals surface area contributed by atoms with Crippen molar-refractivity contribution in [2.75, 3.05) is 19.6 Å². The third-order valence-corrected chi connectivity index (χ3v) is 9.65. The molecule has 3 nitrogen and oxygen atoms in total. The van der Waals surface area contributed by atoms with Gasteiger partial charge in [0.2, 0.25) is 0 Å². The Balaban J connectivity index is 1.08. The standard InChI is InChI=1S/C45H45N3S/c49-43(33-36-48-45(40-27-13-4-14-28-40,41-29-15-5-16-30-41)42-31-17-6-18-32-42)46-34-19-20-35-47-44(37-21-7-1-8-22-37,38-23-9-2-10-24-38)39-25-11-3-12-26-39/h1-18,21-32,47-48H,19-20,33-36H2,(H,46,49). The predicted molar refractivity (Wildman–Crippen MR) is 209 cm³/mol. The van der Waals surface area contributed by atoms with Gasteiger partial charge in [-0.3, -0.25) is 10.6 Å². The monoisotopic (exact) mass is 659 g/mol. The van der Waals surface area contributed by atoms with Crippen molar-refractivity contribution < 1.29 is 0 Å². The van der Waals surface area contributed by atoms with Gasteiger partial charge < -0.3 is 5.32 Å². The largest absolute Gasteiger partial charge is 0.380 e. The average molecular weight is 660 g/mol. The summed E-state index contributed by atoms with van der Waals surface area (Å²) in [5.74, 6) is 0. The Kier molecular flexibility index (Phi) is 11.8. The van der Waals surface area contributed by atoms with Crippen molar-refractivity contribution in [2.24, 2.45) is 0 Å². The Morgan fingerprint density at radius 2 is 0.633 bits per heavy atom. The molecule has 0 heterocycles. The lowest BCUT2D eigenvalue weighted by Crippen LogP contribution is -2.46. The number of thiocarbonyl (C=S) groups is 1. The van der Waals surface area contributed by atoms with Crippen molar-refractivity contribution in [1.82, 2.24) is 16.0 Å². The summed E-state index contributed by atoms with van der Waals surface area (Å²) in [6.45, 7) is 2.44. The summed E-state index contributed by atoms with van der Waals surface area (Å²) in [6, 6.07) is 64.5. The second kappa shape index (κ2) is 17.0. The van der Waals surface area contributed by atoms with E-state index in [4.69, 9.17) is 12.2 Å². The lowest BCUT2D eigenvalue weighted by Gasteiger charge is -2.37. The molecule has 6 rings (SSSR count). The van der Waals surface area contributed by atoms with Crippen molar-refractivity contribution in [3.05, 3.63) is 215 Å². The van der Waals surface area contributed by atoms with Gasteiger partial charge >= 0.3 is 0 Å². The molecule has 0 saturated carbocycles. The number of hydrogen-bond acceptors (Lipinski definition) is 3. The highest BCUT2D eigenvalue weighted by molar-refractivity contribution is 7.80. The summed E-state index contributed by atoms with van der Waals surface area (Å²) in [5.41, 5.74) is 6.38. The first-order chi connectivity index (χ1) is 24.2. The molecule has 0 fully saturated rings. The van der Waals surface area contributed by atoms with E-state index in [0.717, 1.165) is 43.9 Å². The van der Waals surface area contributed by atoms with Crippen molar-refractivity contribution >= 4 is 17.2 Å². The molecule has 0 aliphatic carbocycles. The minimum absolute atomic E-state index is 0.444. The van der Waals surface area contributed by atoms with E-state index in [1.165, 1.54) is 33.4 Å². The molecule has 0 radical (unpaired) electrons.